The maximum atomic E-state index is 13.4. The highest BCUT2D eigenvalue weighted by atomic mass is 79.9. The number of hydrogen-bond donors (Lipinski definition) is 0. The van der Waals surface area contributed by atoms with E-state index in [1.807, 2.05) is 6.92 Å². The van der Waals surface area contributed by atoms with Crippen LogP contribution in [-0.2, 0) is 14.8 Å². The van der Waals surface area contributed by atoms with Gasteiger partial charge in [0.05, 0.1) is 21.7 Å². The van der Waals surface area contributed by atoms with Crippen molar-refractivity contribution in [1.82, 2.24) is 0 Å². The van der Waals surface area contributed by atoms with Gasteiger partial charge in [-0.05, 0) is 89.6 Å². The third-order valence-corrected chi connectivity index (χ3v) is 7.08. The number of amides is 1. The van der Waals surface area contributed by atoms with Crippen LogP contribution in [0.2, 0.25) is 10.0 Å². The molecule has 0 fully saturated rings. The smallest absolute Gasteiger partial charge is 0.278 e. The van der Waals surface area contributed by atoms with Gasteiger partial charge in [0.2, 0.25) is 0 Å². The molecular weight excluding hydrogens is 541 g/mol. The Labute approximate surface area is 204 Å². The normalized spacial score (nSPS) is 11.1. The lowest BCUT2D eigenvalue weighted by Gasteiger charge is -2.23. The van der Waals surface area contributed by atoms with Crippen LogP contribution in [0.3, 0.4) is 0 Å². The molecule has 0 aliphatic rings. The predicted octanol–water partition coefficient (Wildman–Crippen LogP) is 5.96. The lowest BCUT2D eigenvalue weighted by atomic mass is 10.3. The summed E-state index contributed by atoms with van der Waals surface area (Å²) in [6.45, 7) is 1.76. The van der Waals surface area contributed by atoms with E-state index in [9.17, 15) is 13.2 Å². The van der Waals surface area contributed by atoms with Crippen LogP contribution < -0.4 is 13.8 Å². The van der Waals surface area contributed by atoms with Crippen molar-refractivity contribution in [1.29, 1.82) is 0 Å². The molecule has 3 rings (SSSR count). The number of anilines is 1. The number of benzene rings is 3. The summed E-state index contributed by atoms with van der Waals surface area (Å²) < 4.78 is 38.9. The van der Waals surface area contributed by atoms with Crippen LogP contribution >= 0.6 is 39.1 Å². The molecule has 0 saturated heterocycles. The SMILES string of the molecule is CCOc1ccc(N(C(=O)COc2ccc(Cl)cc2Br)S(=O)(=O)c2ccc(Cl)cc2)cc1. The van der Waals surface area contributed by atoms with Crippen molar-refractivity contribution < 1.29 is 22.7 Å². The third-order valence-electron chi connectivity index (χ3n) is 4.21. The van der Waals surface area contributed by atoms with Crippen molar-refractivity contribution in [2.75, 3.05) is 17.5 Å². The van der Waals surface area contributed by atoms with Crippen LogP contribution in [0.5, 0.6) is 11.5 Å². The van der Waals surface area contributed by atoms with Crippen molar-refractivity contribution in [2.24, 2.45) is 0 Å². The van der Waals surface area contributed by atoms with Crippen LogP contribution in [0.25, 0.3) is 0 Å². The topological polar surface area (TPSA) is 72.9 Å². The van der Waals surface area contributed by atoms with Gasteiger partial charge in [-0.2, -0.15) is 4.31 Å². The zero-order valence-corrected chi connectivity index (χ0v) is 20.7. The summed E-state index contributed by atoms with van der Waals surface area (Å²) in [7, 11) is -4.24. The summed E-state index contributed by atoms with van der Waals surface area (Å²) >= 11 is 15.1. The van der Waals surface area contributed by atoms with Crippen molar-refractivity contribution in [2.45, 2.75) is 11.8 Å². The van der Waals surface area contributed by atoms with Crippen LogP contribution in [0.1, 0.15) is 6.92 Å². The van der Waals surface area contributed by atoms with Gasteiger partial charge in [0.1, 0.15) is 11.5 Å². The number of nitrogens with zero attached hydrogens (tertiary/aromatic N) is 1. The standard InChI is InChI=1S/C22H18BrCl2NO5S/c1-2-30-18-8-6-17(7-9-18)26(32(28,29)19-10-3-15(24)4-11-19)22(27)14-31-21-12-5-16(25)13-20(21)23/h3-13H,2,14H2,1H3. The number of carbonyl (C=O) groups is 1. The zero-order chi connectivity index (χ0) is 23.3. The molecule has 0 radical (unpaired) electrons. The maximum absolute atomic E-state index is 13.4. The largest absolute Gasteiger partial charge is 0.494 e. The molecular formula is C22H18BrCl2NO5S. The Kier molecular flexibility index (Phi) is 8.05. The number of rotatable bonds is 8. The fourth-order valence-electron chi connectivity index (χ4n) is 2.76. The van der Waals surface area contributed by atoms with Gasteiger partial charge in [-0.15, -0.1) is 0 Å². The third kappa shape index (κ3) is 5.75. The second-order valence-corrected chi connectivity index (χ2v) is 9.92. The number of sulfonamides is 1. The Morgan fingerprint density at radius 2 is 1.56 bits per heavy atom. The van der Waals surface area contributed by atoms with Gasteiger partial charge < -0.3 is 9.47 Å². The van der Waals surface area contributed by atoms with Gasteiger partial charge >= 0.3 is 0 Å². The van der Waals surface area contributed by atoms with Gasteiger partial charge in [0.25, 0.3) is 15.9 Å². The summed E-state index contributed by atoms with van der Waals surface area (Å²) in [5, 5.41) is 0.857. The molecule has 0 unspecified atom stereocenters. The molecule has 0 bridgehead atoms. The first kappa shape index (κ1) is 24.4. The van der Waals surface area contributed by atoms with Crippen LogP contribution in [-0.4, -0.2) is 27.5 Å². The monoisotopic (exact) mass is 557 g/mol. The van der Waals surface area contributed by atoms with Crippen molar-refractivity contribution >= 4 is 60.7 Å². The first-order valence-electron chi connectivity index (χ1n) is 9.37. The fourth-order valence-corrected chi connectivity index (χ4v) is 5.10. The molecule has 6 nitrogen and oxygen atoms in total. The summed E-state index contributed by atoms with van der Waals surface area (Å²) in [5.74, 6) is 0.109. The predicted molar refractivity (Wildman–Crippen MR) is 128 cm³/mol. The van der Waals surface area contributed by atoms with Crippen LogP contribution in [0.4, 0.5) is 5.69 Å². The summed E-state index contributed by atoms with van der Waals surface area (Å²) in [6, 6.07) is 16.5. The van der Waals surface area contributed by atoms with Gasteiger partial charge in [-0.1, -0.05) is 23.2 Å². The molecule has 3 aromatic rings. The van der Waals surface area contributed by atoms with Crippen molar-refractivity contribution in [3.05, 3.63) is 81.2 Å². The first-order chi connectivity index (χ1) is 15.2. The highest BCUT2D eigenvalue weighted by molar-refractivity contribution is 9.10. The molecule has 0 saturated carbocycles. The minimum atomic E-state index is -4.24. The van der Waals surface area contributed by atoms with E-state index in [1.165, 1.54) is 36.4 Å². The maximum Gasteiger partial charge on any atom is 0.278 e. The van der Waals surface area contributed by atoms with E-state index in [1.54, 1.807) is 30.3 Å². The molecule has 10 heteroatoms. The molecule has 1 amide bonds. The van der Waals surface area contributed by atoms with E-state index in [0.29, 0.717) is 36.9 Å². The number of carbonyl (C=O) groups excluding carboxylic acids is 1. The lowest BCUT2D eigenvalue weighted by Crippen LogP contribution is -2.40. The van der Waals surface area contributed by atoms with Crippen molar-refractivity contribution in [3.8, 4) is 11.5 Å². The molecule has 0 aromatic heterocycles. The second kappa shape index (κ2) is 10.6. The molecule has 0 N–H and O–H groups in total. The Hall–Kier alpha value is -2.26. The van der Waals surface area contributed by atoms with Gasteiger partial charge in [0, 0.05) is 10.0 Å². The van der Waals surface area contributed by atoms with E-state index in [4.69, 9.17) is 32.7 Å². The number of halogens is 3. The molecule has 32 heavy (non-hydrogen) atoms. The Morgan fingerprint density at radius 1 is 0.938 bits per heavy atom. The molecule has 0 spiro atoms. The van der Waals surface area contributed by atoms with Crippen molar-refractivity contribution in [3.63, 3.8) is 0 Å². The van der Waals surface area contributed by atoms with E-state index in [-0.39, 0.29) is 10.6 Å². The minimum absolute atomic E-state index is 0.0863. The number of hydrogen-bond acceptors (Lipinski definition) is 5. The molecule has 0 atom stereocenters. The Morgan fingerprint density at radius 3 is 2.16 bits per heavy atom. The Bertz CT molecular complexity index is 1200. The second-order valence-electron chi connectivity index (χ2n) is 6.41. The minimum Gasteiger partial charge on any atom is -0.494 e. The summed E-state index contributed by atoms with van der Waals surface area (Å²) in [4.78, 5) is 13.0. The fraction of sp³-hybridized carbons (Fsp3) is 0.136. The van der Waals surface area contributed by atoms with E-state index < -0.39 is 22.5 Å². The highest BCUT2D eigenvalue weighted by Crippen LogP contribution is 2.30. The molecule has 168 valence electrons. The Balaban J connectivity index is 1.95. The van der Waals surface area contributed by atoms with E-state index >= 15 is 0 Å². The zero-order valence-electron chi connectivity index (χ0n) is 16.8. The average Bonchev–Trinajstić information content (AvgIpc) is 2.75. The highest BCUT2D eigenvalue weighted by Gasteiger charge is 2.31. The number of ether oxygens (including phenoxy) is 2. The lowest BCUT2D eigenvalue weighted by molar-refractivity contribution is -0.119. The summed E-state index contributed by atoms with van der Waals surface area (Å²) in [5.41, 5.74) is 0.146. The quantitative estimate of drug-likeness (QED) is 0.341. The molecule has 3 aromatic carbocycles. The van der Waals surface area contributed by atoms with E-state index in [0.717, 1.165) is 0 Å². The first-order valence-corrected chi connectivity index (χ1v) is 12.4. The molecule has 0 heterocycles. The molecule has 0 aliphatic heterocycles. The van der Waals surface area contributed by atoms with Gasteiger partial charge in [-0.25, -0.2) is 8.42 Å². The average molecular weight is 559 g/mol. The van der Waals surface area contributed by atoms with E-state index in [2.05, 4.69) is 15.9 Å². The molecule has 0 aliphatic carbocycles. The van der Waals surface area contributed by atoms with Gasteiger partial charge in [-0.3, -0.25) is 4.79 Å². The van der Waals surface area contributed by atoms with Gasteiger partial charge in [0.15, 0.2) is 6.61 Å². The van der Waals surface area contributed by atoms with Crippen LogP contribution in [0.15, 0.2) is 76.1 Å². The summed E-state index contributed by atoms with van der Waals surface area (Å²) in [6.07, 6.45) is 0. The van der Waals surface area contributed by atoms with Crippen LogP contribution in [0, 0.1) is 0 Å².